The third-order valence-electron chi connectivity index (χ3n) is 26.1. The molecule has 0 aliphatic heterocycles. The lowest BCUT2D eigenvalue weighted by molar-refractivity contribution is 0.660. The lowest BCUT2D eigenvalue weighted by atomic mass is 9.81. The van der Waals surface area contributed by atoms with Crippen LogP contribution in [0, 0.1) is 0 Å². The van der Waals surface area contributed by atoms with Gasteiger partial charge in [-0.15, -0.1) is 0 Å². The van der Waals surface area contributed by atoms with Crippen molar-refractivity contribution >= 4 is 121 Å². The summed E-state index contributed by atoms with van der Waals surface area (Å²) in [5.41, 5.74) is 34.7. The monoisotopic (exact) mass is 1560 g/mol. The van der Waals surface area contributed by atoms with E-state index in [-0.39, 0.29) is 10.8 Å². The topological polar surface area (TPSA) is 32.8 Å². The van der Waals surface area contributed by atoms with Crippen molar-refractivity contribution in [3.8, 4) is 89.0 Å². The first-order valence-electron chi connectivity index (χ1n) is 42.3. The minimum atomic E-state index is -0.202. The summed E-state index contributed by atoms with van der Waals surface area (Å²) >= 11 is 0. The van der Waals surface area contributed by atoms with E-state index in [2.05, 4.69) is 438 Å². The number of anilines is 6. The van der Waals surface area contributed by atoms with Gasteiger partial charge in [0.2, 0.25) is 0 Å². The second kappa shape index (κ2) is 28.7. The van der Waals surface area contributed by atoms with Gasteiger partial charge in [-0.1, -0.05) is 337 Å². The van der Waals surface area contributed by atoms with Crippen LogP contribution in [0.1, 0.15) is 49.9 Å². The average Bonchev–Trinajstić information content (AvgIpc) is 1.57. The number of hydrogen-bond acceptors (Lipinski definition) is 4. The summed E-state index contributed by atoms with van der Waals surface area (Å²) < 4.78 is 12.9. The number of benzene rings is 20. The standard InChI is InChI=1S/2C59H41NO/c1-59(2)55-36-46(45-21-19-39-11-4-6-13-43(39)35-45)26-32-51(55)52-33-31-49(37-56(52)59)60(47-27-22-40(23-28-47)44-20-18-38-10-3-5-12-42(38)34-44)48-29-24-41(25-30-48)50-15-9-16-54-53-14-7-8-17-57(53)61-58(50)54;1-59(2)55-36-44(43-22-21-38-11-3-4-13-42(38)35-43)27-33-51(55)52-34-32-47(37-56(52)59)60(45-28-23-40(24-29-45)49-17-9-14-39-12-5-6-15-48(39)49)46-30-25-41(26-31-46)50-18-10-19-54-53-16-7-8-20-57(53)61-58(50)54/h2*3-37H,1-2H3. The van der Waals surface area contributed by atoms with Crippen molar-refractivity contribution in [3.63, 3.8) is 0 Å². The second-order valence-corrected chi connectivity index (χ2v) is 33.9. The van der Waals surface area contributed by atoms with Gasteiger partial charge in [0.15, 0.2) is 0 Å². The van der Waals surface area contributed by atoms with Gasteiger partial charge in [0.05, 0.1) is 0 Å². The van der Waals surface area contributed by atoms with E-state index in [4.69, 9.17) is 8.83 Å². The summed E-state index contributed by atoms with van der Waals surface area (Å²) in [5, 5.41) is 14.6. The Morgan fingerprint density at radius 2 is 0.443 bits per heavy atom. The molecular formula is C118H82N2O2. The van der Waals surface area contributed by atoms with Gasteiger partial charge in [-0.05, 0) is 258 Å². The predicted molar refractivity (Wildman–Crippen MR) is 515 cm³/mol. The molecular weight excluding hydrogens is 1480 g/mol. The molecule has 4 nitrogen and oxygen atoms in total. The molecule has 4 heteroatoms. The molecule has 0 bridgehead atoms. The summed E-state index contributed by atoms with van der Waals surface area (Å²) in [6, 6.07) is 155. The van der Waals surface area contributed by atoms with Crippen molar-refractivity contribution in [1.82, 2.24) is 0 Å². The first-order valence-corrected chi connectivity index (χ1v) is 42.3. The van der Waals surface area contributed by atoms with Gasteiger partial charge in [-0.25, -0.2) is 0 Å². The molecule has 576 valence electrons. The van der Waals surface area contributed by atoms with Crippen molar-refractivity contribution < 1.29 is 8.83 Å². The highest BCUT2D eigenvalue weighted by Crippen LogP contribution is 2.55. The minimum absolute atomic E-state index is 0.200. The quantitative estimate of drug-likeness (QED) is 0.122. The fourth-order valence-electron chi connectivity index (χ4n) is 19.7. The van der Waals surface area contributed by atoms with Gasteiger partial charge in [-0.2, -0.15) is 0 Å². The van der Waals surface area contributed by atoms with Crippen LogP contribution in [-0.2, 0) is 10.8 Å². The summed E-state index contributed by atoms with van der Waals surface area (Å²) in [4.78, 5) is 4.80. The zero-order chi connectivity index (χ0) is 81.3. The Hall–Kier alpha value is -15.4. The van der Waals surface area contributed by atoms with Gasteiger partial charge in [-0.3, -0.25) is 0 Å². The first kappa shape index (κ1) is 71.9. The van der Waals surface area contributed by atoms with E-state index < -0.39 is 0 Å². The zero-order valence-electron chi connectivity index (χ0n) is 68.1. The summed E-state index contributed by atoms with van der Waals surface area (Å²) in [7, 11) is 0. The van der Waals surface area contributed by atoms with E-state index in [1.165, 1.54) is 132 Å². The minimum Gasteiger partial charge on any atom is -0.455 e. The SMILES string of the molecule is CC1(C)c2cc(-c3ccc4ccccc4c3)ccc2-c2ccc(N(c3ccc(-c4ccc5ccccc5c4)cc3)c3ccc(-c4cccc5c4oc4ccccc45)cc3)cc21.CC1(C)c2cc(-c3ccc4ccccc4c3)ccc2-c2ccc(N(c3ccc(-c4cccc5ccccc45)cc3)c3ccc(-c4cccc5c4oc4ccccc45)cc3)cc21. The van der Waals surface area contributed by atoms with Crippen LogP contribution in [0.15, 0.2) is 433 Å². The fraction of sp³-hybridized carbons (Fsp3) is 0.0508. The average molecular weight is 1560 g/mol. The highest BCUT2D eigenvalue weighted by atomic mass is 16.3. The molecule has 2 aliphatic rings. The Morgan fingerprint density at radius 1 is 0.172 bits per heavy atom. The molecule has 0 N–H and O–H groups in total. The molecule has 20 aromatic carbocycles. The number of para-hydroxylation sites is 4. The number of rotatable bonds is 12. The van der Waals surface area contributed by atoms with Crippen molar-refractivity contribution in [3.05, 3.63) is 447 Å². The fourth-order valence-corrected chi connectivity index (χ4v) is 19.7. The molecule has 2 aromatic heterocycles. The largest absolute Gasteiger partial charge is 0.455 e. The number of hydrogen-bond donors (Lipinski definition) is 0. The molecule has 122 heavy (non-hydrogen) atoms. The Morgan fingerprint density at radius 3 is 0.861 bits per heavy atom. The van der Waals surface area contributed by atoms with Crippen LogP contribution in [0.25, 0.3) is 176 Å². The maximum Gasteiger partial charge on any atom is 0.143 e. The lowest BCUT2D eigenvalue weighted by Crippen LogP contribution is -2.16. The van der Waals surface area contributed by atoms with Gasteiger partial charge >= 0.3 is 0 Å². The van der Waals surface area contributed by atoms with E-state index in [0.717, 1.165) is 100 Å². The normalized spacial score (nSPS) is 12.9. The predicted octanol–water partition coefficient (Wildman–Crippen LogP) is 33.3. The maximum absolute atomic E-state index is 6.46. The molecule has 0 amide bonds. The molecule has 0 spiro atoms. The van der Waals surface area contributed by atoms with Crippen LogP contribution < -0.4 is 9.80 Å². The van der Waals surface area contributed by atoms with Crippen molar-refractivity contribution in [2.24, 2.45) is 0 Å². The van der Waals surface area contributed by atoms with Gasteiger partial charge in [0.1, 0.15) is 22.3 Å². The number of nitrogens with zero attached hydrogens (tertiary/aromatic N) is 2. The van der Waals surface area contributed by atoms with Crippen LogP contribution in [0.2, 0.25) is 0 Å². The zero-order valence-corrected chi connectivity index (χ0v) is 68.1. The summed E-state index contributed by atoms with van der Waals surface area (Å²) in [6.07, 6.45) is 0. The molecule has 0 fully saturated rings. The first-order chi connectivity index (χ1) is 59.9. The molecule has 2 aliphatic carbocycles. The molecule has 0 unspecified atom stereocenters. The molecule has 22 aromatic rings. The van der Waals surface area contributed by atoms with Gasteiger partial charge in [0, 0.05) is 77.6 Å². The Balaban J connectivity index is 0.000000142. The van der Waals surface area contributed by atoms with Crippen molar-refractivity contribution in [2.45, 2.75) is 38.5 Å². The Kier molecular flexibility index (Phi) is 16.9. The third kappa shape index (κ3) is 12.2. The molecule has 24 rings (SSSR count). The van der Waals surface area contributed by atoms with E-state index in [1.54, 1.807) is 0 Å². The van der Waals surface area contributed by atoms with E-state index >= 15 is 0 Å². The lowest BCUT2D eigenvalue weighted by Gasteiger charge is -2.28. The van der Waals surface area contributed by atoms with E-state index in [0.29, 0.717) is 0 Å². The molecule has 0 radical (unpaired) electrons. The second-order valence-electron chi connectivity index (χ2n) is 33.9. The maximum atomic E-state index is 6.46. The summed E-state index contributed by atoms with van der Waals surface area (Å²) in [5.74, 6) is 0. The van der Waals surface area contributed by atoms with E-state index in [1.807, 2.05) is 24.3 Å². The van der Waals surface area contributed by atoms with Crippen molar-refractivity contribution in [2.75, 3.05) is 9.80 Å². The Bertz CT molecular complexity index is 7920. The molecule has 2 heterocycles. The smallest absolute Gasteiger partial charge is 0.143 e. The van der Waals surface area contributed by atoms with E-state index in [9.17, 15) is 0 Å². The van der Waals surface area contributed by atoms with Gasteiger partial charge < -0.3 is 18.6 Å². The third-order valence-corrected chi connectivity index (χ3v) is 26.1. The highest BCUT2D eigenvalue weighted by molar-refractivity contribution is 6.11. The summed E-state index contributed by atoms with van der Waals surface area (Å²) in [6.45, 7) is 9.51. The van der Waals surface area contributed by atoms with Crippen LogP contribution in [0.3, 0.4) is 0 Å². The van der Waals surface area contributed by atoms with Crippen LogP contribution in [0.4, 0.5) is 34.1 Å². The Labute approximate surface area is 709 Å². The van der Waals surface area contributed by atoms with Crippen molar-refractivity contribution in [1.29, 1.82) is 0 Å². The van der Waals surface area contributed by atoms with Crippen LogP contribution >= 0.6 is 0 Å². The van der Waals surface area contributed by atoms with Crippen LogP contribution in [-0.4, -0.2) is 0 Å². The molecule has 0 saturated carbocycles. The van der Waals surface area contributed by atoms with Gasteiger partial charge in [0.25, 0.3) is 0 Å². The highest BCUT2D eigenvalue weighted by Gasteiger charge is 2.39. The number of furan rings is 2. The molecule has 0 saturated heterocycles. The number of fused-ring (bicyclic) bond motifs is 16. The molecule has 0 atom stereocenters. The van der Waals surface area contributed by atoms with Crippen LogP contribution in [0.5, 0.6) is 0 Å².